The number of dihydropyridines is 1. The van der Waals surface area contributed by atoms with Crippen LogP contribution in [0.2, 0.25) is 0 Å². The summed E-state index contributed by atoms with van der Waals surface area (Å²) in [5.74, 6) is 0. The third-order valence-electron chi connectivity index (χ3n) is 8.81. The minimum Gasteiger partial charge on any atom is -0.314 e. The minimum atomic E-state index is 0.711. The van der Waals surface area contributed by atoms with Crippen LogP contribution in [0.15, 0.2) is 168 Å². The molecule has 1 aliphatic carbocycles. The van der Waals surface area contributed by atoms with Crippen molar-refractivity contribution in [2.45, 2.75) is 33.1 Å². The van der Waals surface area contributed by atoms with Gasteiger partial charge in [-0.2, -0.15) is 0 Å². The number of rotatable bonds is 8. The number of para-hydroxylation sites is 2. The van der Waals surface area contributed by atoms with E-state index in [9.17, 15) is 0 Å². The zero-order chi connectivity index (χ0) is 31.3. The summed E-state index contributed by atoms with van der Waals surface area (Å²) < 4.78 is 0. The fourth-order valence-corrected chi connectivity index (χ4v) is 6.47. The fraction of sp³-hybridized carbons (Fsp3) is 0.140. The van der Waals surface area contributed by atoms with Crippen LogP contribution in [0.4, 0.5) is 28.4 Å². The molecule has 0 amide bonds. The molecule has 0 spiro atoms. The van der Waals surface area contributed by atoms with Crippen molar-refractivity contribution in [2.24, 2.45) is 4.99 Å². The molecule has 0 atom stereocenters. The van der Waals surface area contributed by atoms with Crippen LogP contribution in [0, 0.1) is 13.8 Å². The lowest BCUT2D eigenvalue weighted by atomic mass is 9.92. The molecule has 1 heterocycles. The van der Waals surface area contributed by atoms with Crippen molar-refractivity contribution in [3.05, 3.63) is 180 Å². The van der Waals surface area contributed by atoms with Crippen molar-refractivity contribution in [2.75, 3.05) is 16.3 Å². The van der Waals surface area contributed by atoms with E-state index in [0.717, 1.165) is 36.3 Å². The van der Waals surface area contributed by atoms with Gasteiger partial charge in [0.2, 0.25) is 0 Å². The topological polar surface area (TPSA) is 18.8 Å². The Morgan fingerprint density at radius 2 is 1.07 bits per heavy atom. The predicted octanol–water partition coefficient (Wildman–Crippen LogP) is 11.4. The van der Waals surface area contributed by atoms with Crippen molar-refractivity contribution in [1.82, 2.24) is 0 Å². The lowest BCUT2D eigenvalue weighted by molar-refractivity contribution is 0.894. The highest BCUT2D eigenvalue weighted by Gasteiger charge is 2.20. The van der Waals surface area contributed by atoms with Gasteiger partial charge in [0.1, 0.15) is 0 Å². The summed E-state index contributed by atoms with van der Waals surface area (Å²) >= 11 is 0. The second-order valence-electron chi connectivity index (χ2n) is 12.1. The van der Waals surface area contributed by atoms with Gasteiger partial charge in [-0.15, -0.1) is 0 Å². The lowest BCUT2D eigenvalue weighted by Crippen LogP contribution is -2.19. The van der Waals surface area contributed by atoms with Gasteiger partial charge in [0, 0.05) is 46.3 Å². The summed E-state index contributed by atoms with van der Waals surface area (Å²) in [5.41, 5.74) is 14.8. The molecule has 0 N–H and O–H groups in total. The van der Waals surface area contributed by atoms with Gasteiger partial charge in [0.05, 0.1) is 6.54 Å². The van der Waals surface area contributed by atoms with Crippen molar-refractivity contribution < 1.29 is 0 Å². The predicted molar refractivity (Wildman–Crippen MR) is 196 cm³/mol. The average Bonchev–Trinajstić information content (AvgIpc) is 3.10. The Morgan fingerprint density at radius 3 is 1.61 bits per heavy atom. The Balaban J connectivity index is 1.08. The normalized spacial score (nSPS) is 14.5. The summed E-state index contributed by atoms with van der Waals surface area (Å²) in [7, 11) is 0. The monoisotopic (exact) mass is 597 g/mol. The second-order valence-corrected chi connectivity index (χ2v) is 12.1. The number of allylic oxidation sites excluding steroid dienone is 5. The lowest BCUT2D eigenvalue weighted by Gasteiger charge is -2.30. The molecule has 0 unspecified atom stereocenters. The molecule has 0 fully saturated rings. The standard InChI is InChI=1S/C43H39N3/c1-32-11-9-17-41(29-32)45(37-13-5-3-6-14-37)39-24-19-34(20-25-39)36-23-28-43(44-31-36)35-21-26-40(27-22-35)46(38-15-7-4-8-16-38)42-18-10-12-33(2)30-42/h3-21,23-26,29-30H,22,27-28,31H2,1-2H3. The largest absolute Gasteiger partial charge is 0.314 e. The average molecular weight is 598 g/mol. The highest BCUT2D eigenvalue weighted by Crippen LogP contribution is 2.37. The fourth-order valence-electron chi connectivity index (χ4n) is 6.47. The third-order valence-corrected chi connectivity index (χ3v) is 8.81. The van der Waals surface area contributed by atoms with Crippen LogP contribution in [0.25, 0.3) is 5.57 Å². The van der Waals surface area contributed by atoms with Crippen molar-refractivity contribution in [1.29, 1.82) is 0 Å². The summed E-state index contributed by atoms with van der Waals surface area (Å²) in [6, 6.07) is 47.6. The van der Waals surface area contributed by atoms with E-state index >= 15 is 0 Å². The molecular formula is C43H39N3. The summed E-state index contributed by atoms with van der Waals surface area (Å²) in [5, 5.41) is 0. The molecular weight excluding hydrogens is 558 g/mol. The molecule has 226 valence electrons. The van der Waals surface area contributed by atoms with Crippen LogP contribution in [0.3, 0.4) is 0 Å². The SMILES string of the molecule is Cc1cccc(N(C2=CC=C(C3=NCC(c4ccc(N(c5ccccc5)c5cccc(C)c5)cc4)=CC3)CC2)c2ccccc2)c1. The molecule has 46 heavy (non-hydrogen) atoms. The molecule has 1 aliphatic heterocycles. The molecule has 0 bridgehead atoms. The molecule has 0 saturated heterocycles. The van der Waals surface area contributed by atoms with Crippen LogP contribution in [-0.4, -0.2) is 12.3 Å². The Kier molecular flexibility index (Phi) is 8.47. The van der Waals surface area contributed by atoms with Gasteiger partial charge in [-0.1, -0.05) is 84.9 Å². The van der Waals surface area contributed by atoms with Crippen molar-refractivity contribution >= 4 is 39.7 Å². The summed E-state index contributed by atoms with van der Waals surface area (Å²) in [6.45, 7) is 5.01. The van der Waals surface area contributed by atoms with Gasteiger partial charge >= 0.3 is 0 Å². The summed E-state index contributed by atoms with van der Waals surface area (Å²) in [6.07, 6.45) is 9.79. The van der Waals surface area contributed by atoms with E-state index in [4.69, 9.17) is 4.99 Å². The first-order valence-corrected chi connectivity index (χ1v) is 16.2. The van der Waals surface area contributed by atoms with E-state index in [2.05, 4.69) is 175 Å². The molecule has 0 aromatic heterocycles. The van der Waals surface area contributed by atoms with E-state index in [1.54, 1.807) is 0 Å². The smallest absolute Gasteiger partial charge is 0.0646 e. The molecule has 7 rings (SSSR count). The van der Waals surface area contributed by atoms with Gasteiger partial charge < -0.3 is 9.80 Å². The maximum Gasteiger partial charge on any atom is 0.0646 e. The van der Waals surface area contributed by atoms with E-state index in [1.165, 1.54) is 50.6 Å². The number of hydrogen-bond donors (Lipinski definition) is 0. The number of aliphatic imine (C=N–C) groups is 1. The first-order chi connectivity index (χ1) is 22.6. The van der Waals surface area contributed by atoms with Crippen LogP contribution in [0.5, 0.6) is 0 Å². The first kappa shape index (κ1) is 29.3. The van der Waals surface area contributed by atoms with Crippen LogP contribution in [0.1, 0.15) is 36.0 Å². The molecule has 0 radical (unpaired) electrons. The molecule has 3 heteroatoms. The van der Waals surface area contributed by atoms with Gasteiger partial charge in [-0.3, -0.25) is 4.99 Å². The third kappa shape index (κ3) is 6.36. The highest BCUT2D eigenvalue weighted by molar-refractivity contribution is 6.04. The Bertz CT molecular complexity index is 1950. The zero-order valence-corrected chi connectivity index (χ0v) is 26.6. The molecule has 0 saturated carbocycles. The number of anilines is 5. The van der Waals surface area contributed by atoms with E-state index in [1.807, 2.05) is 0 Å². The summed E-state index contributed by atoms with van der Waals surface area (Å²) in [4.78, 5) is 9.81. The van der Waals surface area contributed by atoms with Crippen molar-refractivity contribution in [3.63, 3.8) is 0 Å². The van der Waals surface area contributed by atoms with E-state index < -0.39 is 0 Å². The van der Waals surface area contributed by atoms with Gasteiger partial charge in [-0.25, -0.2) is 0 Å². The highest BCUT2D eigenvalue weighted by atomic mass is 15.2. The van der Waals surface area contributed by atoms with Crippen molar-refractivity contribution in [3.8, 4) is 0 Å². The Hall–Kier alpha value is -5.41. The number of aryl methyl sites for hydroxylation is 2. The van der Waals surface area contributed by atoms with E-state index in [-0.39, 0.29) is 0 Å². The second kappa shape index (κ2) is 13.3. The Labute approximate surface area is 273 Å². The zero-order valence-electron chi connectivity index (χ0n) is 26.6. The van der Waals surface area contributed by atoms with Crippen LogP contribution in [-0.2, 0) is 0 Å². The van der Waals surface area contributed by atoms with E-state index in [0.29, 0.717) is 6.54 Å². The first-order valence-electron chi connectivity index (χ1n) is 16.2. The number of benzene rings is 5. The Morgan fingerprint density at radius 1 is 0.500 bits per heavy atom. The molecule has 5 aromatic rings. The quantitative estimate of drug-likeness (QED) is 0.177. The number of hydrogen-bond acceptors (Lipinski definition) is 3. The molecule has 3 nitrogen and oxygen atoms in total. The van der Waals surface area contributed by atoms with Gasteiger partial charge in [-0.05, 0) is 121 Å². The molecule has 5 aromatic carbocycles. The van der Waals surface area contributed by atoms with Gasteiger partial charge in [0.25, 0.3) is 0 Å². The van der Waals surface area contributed by atoms with Gasteiger partial charge in [0.15, 0.2) is 0 Å². The maximum atomic E-state index is 5.10. The van der Waals surface area contributed by atoms with Crippen LogP contribution < -0.4 is 9.80 Å². The number of nitrogens with zero attached hydrogens (tertiary/aromatic N) is 3. The molecule has 2 aliphatic rings. The maximum absolute atomic E-state index is 5.10. The van der Waals surface area contributed by atoms with Crippen LogP contribution >= 0.6 is 0 Å². The minimum absolute atomic E-state index is 0.711.